The van der Waals surface area contributed by atoms with E-state index in [1.54, 1.807) is 0 Å². The minimum atomic E-state index is -1.96. The van der Waals surface area contributed by atoms with Crippen molar-refractivity contribution in [1.82, 2.24) is 0 Å². The molecule has 0 amide bonds. The zero-order valence-electron chi connectivity index (χ0n) is 13.7. The Morgan fingerprint density at radius 2 is 1.44 bits per heavy atom. The molecule has 0 bridgehead atoms. The van der Waals surface area contributed by atoms with Gasteiger partial charge in [0, 0.05) is 0 Å². The summed E-state index contributed by atoms with van der Waals surface area (Å²) in [5.74, 6) is 0. The van der Waals surface area contributed by atoms with Crippen LogP contribution in [0.3, 0.4) is 0 Å². The van der Waals surface area contributed by atoms with E-state index in [0.29, 0.717) is 0 Å². The van der Waals surface area contributed by atoms with Gasteiger partial charge in [-0.2, -0.15) is 0 Å². The van der Waals surface area contributed by atoms with Gasteiger partial charge in [-0.15, -0.1) is 0 Å². The molecule has 0 spiro atoms. The molecule has 1 heterocycles. The Kier molecular flexibility index (Phi) is 19.7. The van der Waals surface area contributed by atoms with Crippen LogP contribution in [0.25, 0.3) is 0 Å². The number of carbonyl (C=O) groups excluding carboxylic acids is 1. The summed E-state index contributed by atoms with van der Waals surface area (Å²) in [6.45, 7) is -1.37. The topological polar surface area (TPSA) is 287 Å². The third-order valence-corrected chi connectivity index (χ3v) is 3.51. The molecule has 0 aromatic carbocycles. The largest absolute Gasteiger partial charge is 3.00 e. The first-order valence-electron chi connectivity index (χ1n) is 6.84. The van der Waals surface area contributed by atoms with Crippen molar-refractivity contribution < 1.29 is 88.6 Å². The molecule has 1 fully saturated rings. The second-order valence-corrected chi connectivity index (χ2v) is 5.21. The molecular weight excluding hydrogens is 424 g/mol. The van der Waals surface area contributed by atoms with Crippen molar-refractivity contribution in [3.63, 3.8) is 0 Å². The van der Waals surface area contributed by atoms with E-state index in [4.69, 9.17) is 19.7 Å². The number of hydrogen-bond donors (Lipinski definition) is 8. The summed E-state index contributed by atoms with van der Waals surface area (Å²) in [5, 5.41) is 75.4. The molecule has 0 unspecified atom stereocenters. The Morgan fingerprint density at radius 1 is 0.926 bits per heavy atom. The van der Waals surface area contributed by atoms with Gasteiger partial charge < -0.3 is 71.5 Å². The van der Waals surface area contributed by atoms with Gasteiger partial charge in [-0.25, -0.2) is 0 Å². The molecule has 27 heavy (non-hydrogen) atoms. The SMILES string of the molecule is O=C[C@H](O)[C@@H](O)[C@H](O)[C@H](O)CO[C@H]1O[C@H](CO)[C@@H](O)[C@H](O)[C@H]1O.[Fe+3].[OH-].[OH-].[OH-]. The fourth-order valence-corrected chi connectivity index (χ4v) is 2.01. The van der Waals surface area contributed by atoms with Crippen LogP contribution in [0, 0.1) is 0 Å². The van der Waals surface area contributed by atoms with Crippen molar-refractivity contribution in [3.05, 3.63) is 0 Å². The molecular formula is C12H25FeO14. The maximum atomic E-state index is 10.3. The number of aldehydes is 1. The summed E-state index contributed by atoms with van der Waals surface area (Å²) in [6.07, 6.45) is -15.3. The van der Waals surface area contributed by atoms with Crippen LogP contribution in [-0.4, -0.2) is 132 Å². The first-order chi connectivity index (χ1) is 10.7. The van der Waals surface area contributed by atoms with Gasteiger partial charge in [0.1, 0.15) is 48.8 Å². The number of rotatable bonds is 8. The maximum Gasteiger partial charge on any atom is 3.00 e. The van der Waals surface area contributed by atoms with Crippen LogP contribution in [-0.2, 0) is 31.3 Å². The molecule has 9 atom stereocenters. The predicted molar refractivity (Wildman–Crippen MR) is 75.6 cm³/mol. The molecule has 0 aromatic rings. The van der Waals surface area contributed by atoms with Crippen LogP contribution in [0.5, 0.6) is 0 Å². The number of ether oxygens (including phenoxy) is 2. The summed E-state index contributed by atoms with van der Waals surface area (Å²) in [4.78, 5) is 10.3. The Balaban J connectivity index is -0.000000661. The van der Waals surface area contributed by atoms with Crippen LogP contribution >= 0.6 is 0 Å². The monoisotopic (exact) mass is 449 g/mol. The van der Waals surface area contributed by atoms with Crippen LogP contribution in [0.15, 0.2) is 0 Å². The molecule has 1 saturated heterocycles. The minimum absolute atomic E-state index is 0. The molecule has 1 radical (unpaired) electrons. The van der Waals surface area contributed by atoms with Gasteiger partial charge in [-0.3, -0.25) is 0 Å². The summed E-state index contributed by atoms with van der Waals surface area (Å²) in [5.41, 5.74) is 0. The second-order valence-electron chi connectivity index (χ2n) is 5.21. The maximum absolute atomic E-state index is 10.3. The second kappa shape index (κ2) is 15.6. The van der Waals surface area contributed by atoms with Crippen LogP contribution in [0.2, 0.25) is 0 Å². The Labute approximate surface area is 164 Å². The van der Waals surface area contributed by atoms with E-state index in [1.807, 2.05) is 0 Å². The number of aliphatic hydroxyl groups is 8. The molecule has 14 nitrogen and oxygen atoms in total. The summed E-state index contributed by atoms with van der Waals surface area (Å²) in [6, 6.07) is 0. The molecule has 0 saturated carbocycles. The third-order valence-electron chi connectivity index (χ3n) is 3.51. The van der Waals surface area contributed by atoms with Crippen molar-refractivity contribution >= 4 is 6.29 Å². The van der Waals surface area contributed by atoms with Crippen LogP contribution < -0.4 is 0 Å². The number of hydrogen-bond acceptors (Lipinski definition) is 14. The van der Waals surface area contributed by atoms with E-state index in [2.05, 4.69) is 0 Å². The molecule has 11 N–H and O–H groups in total. The van der Waals surface area contributed by atoms with E-state index in [1.165, 1.54) is 0 Å². The van der Waals surface area contributed by atoms with Gasteiger partial charge in [0.2, 0.25) is 0 Å². The summed E-state index contributed by atoms with van der Waals surface area (Å²) < 4.78 is 9.94. The Morgan fingerprint density at radius 3 is 1.89 bits per heavy atom. The summed E-state index contributed by atoms with van der Waals surface area (Å²) in [7, 11) is 0. The average molecular weight is 449 g/mol. The van der Waals surface area contributed by atoms with E-state index in [-0.39, 0.29) is 39.8 Å². The van der Waals surface area contributed by atoms with Crippen LogP contribution in [0.1, 0.15) is 0 Å². The minimum Gasteiger partial charge on any atom is -0.870 e. The average Bonchev–Trinajstić information content (AvgIpc) is 2.56. The quantitative estimate of drug-likeness (QED) is 0.126. The first-order valence-corrected chi connectivity index (χ1v) is 6.84. The van der Waals surface area contributed by atoms with Crippen molar-refractivity contribution in [2.45, 2.75) is 55.1 Å². The first kappa shape index (κ1) is 34.2. The molecule has 0 aromatic heterocycles. The predicted octanol–water partition coefficient (Wildman–Crippen LogP) is -6.09. The normalized spacial score (nSPS) is 31.5. The van der Waals surface area contributed by atoms with Gasteiger partial charge in [0.15, 0.2) is 12.6 Å². The van der Waals surface area contributed by atoms with E-state index >= 15 is 0 Å². The van der Waals surface area contributed by atoms with Crippen molar-refractivity contribution in [3.8, 4) is 0 Å². The van der Waals surface area contributed by atoms with Gasteiger partial charge in [-0.1, -0.05) is 0 Å². The summed E-state index contributed by atoms with van der Waals surface area (Å²) >= 11 is 0. The van der Waals surface area contributed by atoms with Gasteiger partial charge in [0.25, 0.3) is 0 Å². The fraction of sp³-hybridized carbons (Fsp3) is 0.917. The smallest absolute Gasteiger partial charge is 0.870 e. The number of aliphatic hydroxyl groups excluding tert-OH is 8. The zero-order valence-corrected chi connectivity index (χ0v) is 14.8. The number of carbonyl (C=O) groups is 1. The van der Waals surface area contributed by atoms with E-state index in [0.717, 1.165) is 0 Å². The fourth-order valence-electron chi connectivity index (χ4n) is 2.01. The molecule has 1 rings (SSSR count). The molecule has 0 aliphatic carbocycles. The molecule has 15 heteroatoms. The van der Waals surface area contributed by atoms with Crippen molar-refractivity contribution in [1.29, 1.82) is 0 Å². The zero-order chi connectivity index (χ0) is 17.7. The standard InChI is InChI=1S/C12H22O11.Fe.3H2O/c13-1-4(15)7(17)8(18)5(16)3-22-12-11(21)10(20)9(19)6(2-14)23-12;;;;/h1,4-12,14-21H,2-3H2;;3*1H2/q;+3;;;/p-3/t4-,5+,6+,7+,8+,9+,10-,11+,12-;;;;/m0..../s1. The van der Waals surface area contributed by atoms with Gasteiger partial charge in [0.05, 0.1) is 13.2 Å². The van der Waals surface area contributed by atoms with Crippen molar-refractivity contribution in [2.24, 2.45) is 0 Å². The van der Waals surface area contributed by atoms with E-state index in [9.17, 15) is 35.4 Å². The molecule has 1 aliphatic heterocycles. The molecule has 165 valence electrons. The van der Waals surface area contributed by atoms with Gasteiger partial charge in [-0.05, 0) is 0 Å². The molecule has 1 aliphatic rings. The third kappa shape index (κ3) is 8.69. The van der Waals surface area contributed by atoms with Gasteiger partial charge >= 0.3 is 17.1 Å². The Hall–Kier alpha value is -0.331. The Bertz CT molecular complexity index is 374. The van der Waals surface area contributed by atoms with Crippen LogP contribution in [0.4, 0.5) is 0 Å². The van der Waals surface area contributed by atoms with Crippen molar-refractivity contribution in [2.75, 3.05) is 13.2 Å². The van der Waals surface area contributed by atoms with E-state index < -0.39 is 68.3 Å².